The highest BCUT2D eigenvalue weighted by Crippen LogP contribution is 2.33. The monoisotopic (exact) mass is 320 g/mol. The van der Waals surface area contributed by atoms with Crippen molar-refractivity contribution in [1.82, 2.24) is 8.68 Å². The maximum absolute atomic E-state index is 12.2. The van der Waals surface area contributed by atoms with E-state index in [2.05, 4.69) is 9.69 Å². The number of nitrogens with two attached hydrogens (primary N) is 1. The van der Waals surface area contributed by atoms with Gasteiger partial charge in [-0.1, -0.05) is 0 Å². The fraction of sp³-hybridized carbons (Fsp3) is 0.727. The van der Waals surface area contributed by atoms with Crippen molar-refractivity contribution in [3.8, 4) is 0 Å². The van der Waals surface area contributed by atoms with Gasteiger partial charge in [0.2, 0.25) is 10.0 Å². The van der Waals surface area contributed by atoms with E-state index < -0.39 is 10.0 Å². The second-order valence-electron chi connectivity index (χ2n) is 4.86. The Hall–Kier alpha value is -0.900. The van der Waals surface area contributed by atoms with Crippen LogP contribution in [0.25, 0.3) is 0 Å². The van der Waals surface area contributed by atoms with Crippen LogP contribution in [-0.2, 0) is 14.8 Å². The molecule has 1 atom stereocenters. The standard InChI is InChI=1S/C11H20N4O3S2/c1-15(2)20(16,17)9-10(12)14-19-11(9)13-6-5-8-4-3-7-18-8/h8,13H,3-7H2,1-2H3,(H2,12,14). The number of aromatic nitrogens is 1. The van der Waals surface area contributed by atoms with Gasteiger partial charge < -0.3 is 15.8 Å². The average Bonchev–Trinajstić information content (AvgIpc) is 2.99. The predicted molar refractivity (Wildman–Crippen MR) is 79.5 cm³/mol. The van der Waals surface area contributed by atoms with Gasteiger partial charge in [-0.05, 0) is 30.8 Å². The van der Waals surface area contributed by atoms with Gasteiger partial charge in [0, 0.05) is 27.2 Å². The summed E-state index contributed by atoms with van der Waals surface area (Å²) in [7, 11) is -0.632. The molecular formula is C11H20N4O3S2. The molecule has 1 unspecified atom stereocenters. The SMILES string of the molecule is CN(C)S(=O)(=O)c1c(N)nsc1NCCC1CCCO1. The Morgan fingerprint density at radius 3 is 2.90 bits per heavy atom. The number of ether oxygens (including phenoxy) is 1. The van der Waals surface area contributed by atoms with E-state index in [0.29, 0.717) is 11.5 Å². The molecule has 2 heterocycles. The summed E-state index contributed by atoms with van der Waals surface area (Å²) in [6, 6.07) is 0. The Morgan fingerprint density at radius 2 is 2.30 bits per heavy atom. The molecule has 0 amide bonds. The molecule has 20 heavy (non-hydrogen) atoms. The molecule has 0 bridgehead atoms. The summed E-state index contributed by atoms with van der Waals surface area (Å²) in [5, 5.41) is 3.61. The summed E-state index contributed by atoms with van der Waals surface area (Å²) in [6.45, 7) is 1.46. The number of hydrogen-bond acceptors (Lipinski definition) is 7. The van der Waals surface area contributed by atoms with Gasteiger partial charge in [0.15, 0.2) is 10.7 Å². The zero-order valence-corrected chi connectivity index (χ0v) is 13.3. The highest BCUT2D eigenvalue weighted by molar-refractivity contribution is 7.89. The van der Waals surface area contributed by atoms with Crippen LogP contribution in [-0.4, -0.2) is 50.4 Å². The number of nitrogens with one attached hydrogen (secondary N) is 1. The molecule has 3 N–H and O–H groups in total. The molecule has 0 aromatic carbocycles. The fourth-order valence-corrected chi connectivity index (χ4v) is 4.16. The first-order chi connectivity index (χ1) is 9.43. The third-order valence-corrected chi connectivity index (χ3v) is 6.03. The molecule has 0 aliphatic carbocycles. The quantitative estimate of drug-likeness (QED) is 0.810. The van der Waals surface area contributed by atoms with Gasteiger partial charge in [0.05, 0.1) is 6.10 Å². The van der Waals surface area contributed by atoms with Crippen molar-refractivity contribution >= 4 is 32.4 Å². The first-order valence-corrected chi connectivity index (χ1v) is 8.67. The molecule has 0 saturated carbocycles. The summed E-state index contributed by atoms with van der Waals surface area (Å²) in [6.07, 6.45) is 3.27. The Bertz CT molecular complexity index is 550. The van der Waals surface area contributed by atoms with Crippen molar-refractivity contribution in [1.29, 1.82) is 0 Å². The number of nitrogen functional groups attached to an aromatic ring is 1. The summed E-state index contributed by atoms with van der Waals surface area (Å²) >= 11 is 1.07. The van der Waals surface area contributed by atoms with Crippen LogP contribution < -0.4 is 11.1 Å². The van der Waals surface area contributed by atoms with Crippen LogP contribution in [0.1, 0.15) is 19.3 Å². The maximum atomic E-state index is 12.2. The summed E-state index contributed by atoms with van der Waals surface area (Å²) in [5.41, 5.74) is 5.69. The summed E-state index contributed by atoms with van der Waals surface area (Å²) < 4.78 is 35.0. The van der Waals surface area contributed by atoms with Crippen molar-refractivity contribution in [2.75, 3.05) is 38.3 Å². The van der Waals surface area contributed by atoms with Crippen LogP contribution in [0.5, 0.6) is 0 Å². The lowest BCUT2D eigenvalue weighted by atomic mass is 10.2. The minimum atomic E-state index is -3.58. The molecule has 1 aromatic heterocycles. The predicted octanol–water partition coefficient (Wildman–Crippen LogP) is 0.957. The molecule has 1 fully saturated rings. The third-order valence-electron chi connectivity index (χ3n) is 3.19. The molecule has 1 aromatic rings. The smallest absolute Gasteiger partial charge is 0.249 e. The van der Waals surface area contributed by atoms with Gasteiger partial charge in [-0.15, -0.1) is 0 Å². The van der Waals surface area contributed by atoms with Gasteiger partial charge in [0.1, 0.15) is 5.00 Å². The van der Waals surface area contributed by atoms with Crippen molar-refractivity contribution < 1.29 is 13.2 Å². The molecule has 1 aliphatic heterocycles. The first kappa shape index (κ1) is 15.5. The van der Waals surface area contributed by atoms with E-state index >= 15 is 0 Å². The van der Waals surface area contributed by atoms with E-state index in [1.807, 2.05) is 0 Å². The Kier molecular flexibility index (Phi) is 4.84. The first-order valence-electron chi connectivity index (χ1n) is 6.46. The van der Waals surface area contributed by atoms with Crippen LogP contribution in [0.2, 0.25) is 0 Å². The molecule has 0 spiro atoms. The topological polar surface area (TPSA) is 97.6 Å². The Balaban J connectivity index is 2.05. The lowest BCUT2D eigenvalue weighted by Crippen LogP contribution is -2.24. The molecule has 1 saturated heterocycles. The van der Waals surface area contributed by atoms with Crippen LogP contribution in [0.15, 0.2) is 4.90 Å². The lowest BCUT2D eigenvalue weighted by Gasteiger charge is -2.14. The van der Waals surface area contributed by atoms with Gasteiger partial charge in [0.25, 0.3) is 0 Å². The lowest BCUT2D eigenvalue weighted by molar-refractivity contribution is 0.107. The second-order valence-corrected chi connectivity index (χ2v) is 7.73. The van der Waals surface area contributed by atoms with Gasteiger partial charge >= 0.3 is 0 Å². The van der Waals surface area contributed by atoms with Crippen LogP contribution in [0.3, 0.4) is 0 Å². The van der Waals surface area contributed by atoms with Crippen LogP contribution in [0.4, 0.5) is 10.8 Å². The molecule has 7 nitrogen and oxygen atoms in total. The minimum absolute atomic E-state index is 0.0447. The number of anilines is 2. The van der Waals surface area contributed by atoms with E-state index in [0.717, 1.165) is 41.7 Å². The van der Waals surface area contributed by atoms with E-state index in [-0.39, 0.29) is 16.8 Å². The molecule has 1 aliphatic rings. The van der Waals surface area contributed by atoms with Crippen molar-refractivity contribution in [2.24, 2.45) is 0 Å². The van der Waals surface area contributed by atoms with E-state index in [4.69, 9.17) is 10.5 Å². The minimum Gasteiger partial charge on any atom is -0.382 e. The fourth-order valence-electron chi connectivity index (χ4n) is 2.06. The summed E-state index contributed by atoms with van der Waals surface area (Å²) in [5.74, 6) is 0.0447. The highest BCUT2D eigenvalue weighted by atomic mass is 32.2. The van der Waals surface area contributed by atoms with Crippen LogP contribution >= 0.6 is 11.5 Å². The van der Waals surface area contributed by atoms with Crippen molar-refractivity contribution in [2.45, 2.75) is 30.3 Å². The Labute approximate surface area is 123 Å². The van der Waals surface area contributed by atoms with Gasteiger partial charge in [-0.2, -0.15) is 4.37 Å². The van der Waals surface area contributed by atoms with Crippen molar-refractivity contribution in [3.05, 3.63) is 0 Å². The molecule has 0 radical (unpaired) electrons. The second kappa shape index (κ2) is 6.25. The molecule has 114 valence electrons. The molecule has 9 heteroatoms. The number of nitrogens with zero attached hydrogens (tertiary/aromatic N) is 2. The van der Waals surface area contributed by atoms with Crippen LogP contribution in [0, 0.1) is 0 Å². The zero-order chi connectivity index (χ0) is 14.8. The van der Waals surface area contributed by atoms with Gasteiger partial charge in [-0.3, -0.25) is 0 Å². The van der Waals surface area contributed by atoms with E-state index in [9.17, 15) is 8.42 Å². The largest absolute Gasteiger partial charge is 0.382 e. The van der Waals surface area contributed by atoms with Gasteiger partial charge in [-0.25, -0.2) is 12.7 Å². The molecular weight excluding hydrogens is 300 g/mol. The Morgan fingerprint density at radius 1 is 1.55 bits per heavy atom. The number of sulfonamides is 1. The van der Waals surface area contributed by atoms with E-state index in [1.54, 1.807) is 0 Å². The number of hydrogen-bond donors (Lipinski definition) is 2. The average molecular weight is 320 g/mol. The summed E-state index contributed by atoms with van der Waals surface area (Å²) in [4.78, 5) is 0.0693. The highest BCUT2D eigenvalue weighted by Gasteiger charge is 2.27. The number of rotatable bonds is 6. The zero-order valence-electron chi connectivity index (χ0n) is 11.6. The molecule has 2 rings (SSSR count). The maximum Gasteiger partial charge on any atom is 0.249 e. The van der Waals surface area contributed by atoms with E-state index in [1.165, 1.54) is 14.1 Å². The van der Waals surface area contributed by atoms with Crippen molar-refractivity contribution in [3.63, 3.8) is 0 Å². The third kappa shape index (κ3) is 3.22. The normalized spacial score (nSPS) is 19.6.